The number of nitrogens with zero attached hydrogens (tertiary/aromatic N) is 2. The van der Waals surface area contributed by atoms with E-state index >= 15 is 0 Å². The average Bonchev–Trinajstić information content (AvgIpc) is 2.24. The van der Waals surface area contributed by atoms with Gasteiger partial charge in [-0.3, -0.25) is 4.98 Å². The summed E-state index contributed by atoms with van der Waals surface area (Å²) in [5.41, 5.74) is 7.04. The van der Waals surface area contributed by atoms with E-state index in [9.17, 15) is 0 Å². The molecule has 3 N–H and O–H groups in total. The van der Waals surface area contributed by atoms with Crippen LogP contribution in [0.4, 0.5) is 17.2 Å². The van der Waals surface area contributed by atoms with Gasteiger partial charge >= 0.3 is 0 Å². The second kappa shape index (κ2) is 4.14. The quantitative estimate of drug-likeness (QED) is 0.816. The Hall–Kier alpha value is -1.81. The molecule has 0 fully saturated rings. The van der Waals surface area contributed by atoms with Gasteiger partial charge in [-0.1, -0.05) is 11.6 Å². The Bertz CT molecular complexity index is 429. The molecule has 0 saturated heterocycles. The van der Waals surface area contributed by atoms with E-state index < -0.39 is 0 Å². The molecule has 0 atom stereocenters. The SMILES string of the molecule is Nc1cccnc1Nc1ccncc1Cl. The van der Waals surface area contributed by atoms with E-state index in [1.54, 1.807) is 36.8 Å². The topological polar surface area (TPSA) is 63.8 Å². The minimum absolute atomic E-state index is 0.530. The maximum atomic E-state index is 5.93. The van der Waals surface area contributed by atoms with Crippen molar-refractivity contribution in [3.8, 4) is 0 Å². The Balaban J connectivity index is 2.30. The van der Waals surface area contributed by atoms with Gasteiger partial charge in [-0.05, 0) is 18.2 Å². The first kappa shape index (κ1) is 9.73. The van der Waals surface area contributed by atoms with Crippen molar-refractivity contribution in [1.82, 2.24) is 9.97 Å². The Morgan fingerprint density at radius 1 is 1.27 bits per heavy atom. The number of anilines is 3. The summed E-state index contributed by atoms with van der Waals surface area (Å²) in [6.45, 7) is 0. The molecule has 0 aliphatic rings. The first-order valence-electron chi connectivity index (χ1n) is 4.34. The summed E-state index contributed by atoms with van der Waals surface area (Å²) >= 11 is 5.93. The number of aromatic nitrogens is 2. The molecule has 2 heterocycles. The van der Waals surface area contributed by atoms with E-state index in [2.05, 4.69) is 15.3 Å². The van der Waals surface area contributed by atoms with Crippen LogP contribution < -0.4 is 11.1 Å². The third-order valence-corrected chi connectivity index (χ3v) is 2.17. The Labute approximate surface area is 92.1 Å². The van der Waals surface area contributed by atoms with Crippen LogP contribution in [0.5, 0.6) is 0 Å². The molecule has 0 spiro atoms. The summed E-state index contributed by atoms with van der Waals surface area (Å²) in [5.74, 6) is 0.589. The molecule has 0 bridgehead atoms. The van der Waals surface area contributed by atoms with Crippen molar-refractivity contribution in [2.75, 3.05) is 11.1 Å². The highest BCUT2D eigenvalue weighted by Crippen LogP contribution is 2.25. The summed E-state index contributed by atoms with van der Waals surface area (Å²) in [5, 5.41) is 3.56. The lowest BCUT2D eigenvalue weighted by Crippen LogP contribution is -1.98. The lowest BCUT2D eigenvalue weighted by molar-refractivity contribution is 1.29. The molecule has 0 aliphatic carbocycles. The lowest BCUT2D eigenvalue weighted by atomic mass is 10.3. The van der Waals surface area contributed by atoms with Crippen LogP contribution in [0.25, 0.3) is 0 Å². The molecule has 0 unspecified atom stereocenters. The van der Waals surface area contributed by atoms with Crippen LogP contribution in [0.1, 0.15) is 0 Å². The second-order valence-corrected chi connectivity index (χ2v) is 3.33. The van der Waals surface area contributed by atoms with Crippen molar-refractivity contribution in [3.05, 3.63) is 41.8 Å². The first-order valence-corrected chi connectivity index (χ1v) is 4.72. The number of nitrogens with two attached hydrogens (primary N) is 1. The monoisotopic (exact) mass is 220 g/mol. The lowest BCUT2D eigenvalue weighted by Gasteiger charge is -2.08. The molecule has 76 valence electrons. The van der Waals surface area contributed by atoms with Crippen molar-refractivity contribution >= 4 is 28.8 Å². The Morgan fingerprint density at radius 2 is 2.13 bits per heavy atom. The van der Waals surface area contributed by atoms with Crippen molar-refractivity contribution in [2.45, 2.75) is 0 Å². The fourth-order valence-electron chi connectivity index (χ4n) is 1.13. The molecule has 0 aliphatic heterocycles. The van der Waals surface area contributed by atoms with Gasteiger partial charge in [0.25, 0.3) is 0 Å². The zero-order chi connectivity index (χ0) is 10.7. The molecule has 0 radical (unpaired) electrons. The molecule has 5 heteroatoms. The summed E-state index contributed by atoms with van der Waals surface area (Å²) < 4.78 is 0. The van der Waals surface area contributed by atoms with E-state index in [0.717, 1.165) is 5.69 Å². The van der Waals surface area contributed by atoms with Gasteiger partial charge in [0, 0.05) is 18.6 Å². The average molecular weight is 221 g/mol. The predicted molar refractivity (Wildman–Crippen MR) is 61.2 cm³/mol. The highest BCUT2D eigenvalue weighted by molar-refractivity contribution is 6.33. The third kappa shape index (κ3) is 2.16. The van der Waals surface area contributed by atoms with Crippen LogP contribution in [0, 0.1) is 0 Å². The first-order chi connectivity index (χ1) is 7.27. The van der Waals surface area contributed by atoms with Crippen LogP contribution in [0.2, 0.25) is 5.02 Å². The minimum atomic E-state index is 0.530. The number of hydrogen-bond donors (Lipinski definition) is 2. The normalized spacial score (nSPS) is 9.93. The molecule has 2 aromatic rings. The molecule has 4 nitrogen and oxygen atoms in total. The van der Waals surface area contributed by atoms with Crippen LogP contribution in [-0.2, 0) is 0 Å². The van der Waals surface area contributed by atoms with Gasteiger partial charge < -0.3 is 11.1 Å². The van der Waals surface area contributed by atoms with Crippen molar-refractivity contribution in [2.24, 2.45) is 0 Å². The Kier molecular flexibility index (Phi) is 2.69. The Morgan fingerprint density at radius 3 is 2.87 bits per heavy atom. The van der Waals surface area contributed by atoms with Gasteiger partial charge in [0.15, 0.2) is 5.82 Å². The molecule has 0 aromatic carbocycles. The molecule has 15 heavy (non-hydrogen) atoms. The van der Waals surface area contributed by atoms with E-state index in [4.69, 9.17) is 17.3 Å². The van der Waals surface area contributed by atoms with Gasteiger partial charge in [-0.25, -0.2) is 4.98 Å². The molecule has 2 rings (SSSR count). The molecule has 0 saturated carbocycles. The minimum Gasteiger partial charge on any atom is -0.396 e. The smallest absolute Gasteiger partial charge is 0.153 e. The second-order valence-electron chi connectivity index (χ2n) is 2.92. The number of hydrogen-bond acceptors (Lipinski definition) is 4. The highest BCUT2D eigenvalue weighted by atomic mass is 35.5. The fourth-order valence-corrected chi connectivity index (χ4v) is 1.29. The van der Waals surface area contributed by atoms with Crippen molar-refractivity contribution in [1.29, 1.82) is 0 Å². The zero-order valence-electron chi connectivity index (χ0n) is 7.81. The highest BCUT2D eigenvalue weighted by Gasteiger charge is 2.02. The maximum absolute atomic E-state index is 5.93. The van der Waals surface area contributed by atoms with Gasteiger partial charge in [0.1, 0.15) is 0 Å². The standard InChI is InChI=1S/C10H9ClN4/c11-7-6-13-5-3-9(7)15-10-8(12)2-1-4-14-10/h1-6H,12H2,(H,13,14,15). The van der Waals surface area contributed by atoms with Crippen molar-refractivity contribution < 1.29 is 0 Å². The fraction of sp³-hybridized carbons (Fsp3) is 0. The number of halogens is 1. The van der Waals surface area contributed by atoms with E-state index in [1.807, 2.05) is 0 Å². The van der Waals surface area contributed by atoms with Crippen LogP contribution in [0.15, 0.2) is 36.8 Å². The zero-order valence-corrected chi connectivity index (χ0v) is 8.57. The largest absolute Gasteiger partial charge is 0.396 e. The molecule has 0 amide bonds. The summed E-state index contributed by atoms with van der Waals surface area (Å²) in [6, 6.07) is 5.30. The third-order valence-electron chi connectivity index (χ3n) is 1.86. The van der Waals surface area contributed by atoms with Gasteiger partial charge in [-0.15, -0.1) is 0 Å². The number of nitrogens with one attached hydrogen (secondary N) is 1. The number of pyridine rings is 2. The van der Waals surface area contributed by atoms with Gasteiger partial charge in [0.2, 0.25) is 0 Å². The van der Waals surface area contributed by atoms with Crippen LogP contribution in [-0.4, -0.2) is 9.97 Å². The maximum Gasteiger partial charge on any atom is 0.153 e. The van der Waals surface area contributed by atoms with E-state index in [0.29, 0.717) is 16.5 Å². The van der Waals surface area contributed by atoms with E-state index in [-0.39, 0.29) is 0 Å². The van der Waals surface area contributed by atoms with Gasteiger partial charge in [0.05, 0.1) is 16.4 Å². The molecular weight excluding hydrogens is 212 g/mol. The molecule has 2 aromatic heterocycles. The van der Waals surface area contributed by atoms with Gasteiger partial charge in [-0.2, -0.15) is 0 Å². The summed E-state index contributed by atoms with van der Waals surface area (Å²) in [7, 11) is 0. The number of rotatable bonds is 2. The van der Waals surface area contributed by atoms with E-state index in [1.165, 1.54) is 0 Å². The molecular formula is C10H9ClN4. The predicted octanol–water partition coefficient (Wildman–Crippen LogP) is 2.46. The summed E-state index contributed by atoms with van der Waals surface area (Å²) in [6.07, 6.45) is 4.87. The van der Waals surface area contributed by atoms with Crippen LogP contribution >= 0.6 is 11.6 Å². The van der Waals surface area contributed by atoms with Crippen LogP contribution in [0.3, 0.4) is 0 Å². The number of nitrogen functional groups attached to an aromatic ring is 1. The van der Waals surface area contributed by atoms with Crippen molar-refractivity contribution in [3.63, 3.8) is 0 Å². The summed E-state index contributed by atoms with van der Waals surface area (Å²) in [4.78, 5) is 7.98.